The maximum Gasteiger partial charge on any atom is 0.239 e. The molecule has 1 atom stereocenters. The van der Waals surface area contributed by atoms with Gasteiger partial charge in [0.1, 0.15) is 5.82 Å². The molecule has 2 rings (SSSR count). The Morgan fingerprint density at radius 2 is 2.05 bits per heavy atom. The molecule has 1 aromatic rings. The summed E-state index contributed by atoms with van der Waals surface area (Å²) in [5.74, 6) is 1.18. The van der Waals surface area contributed by atoms with E-state index in [2.05, 4.69) is 16.8 Å². The van der Waals surface area contributed by atoms with E-state index in [1.54, 1.807) is 0 Å². The number of hydrogen-bond acceptors (Lipinski definition) is 4. The predicted molar refractivity (Wildman–Crippen MR) is 89.8 cm³/mol. The Hall–Kier alpha value is -1.11. The Morgan fingerprint density at radius 1 is 1.36 bits per heavy atom. The van der Waals surface area contributed by atoms with Gasteiger partial charge in [0.15, 0.2) is 0 Å². The molecule has 7 heteroatoms. The molecule has 6 nitrogen and oxygen atoms in total. The largest absolute Gasteiger partial charge is 0.339 e. The Kier molecular flexibility index (Phi) is 7.85. The molecular weight excluding hydrogens is 302 g/mol. The number of hydrogen-bond donors (Lipinski definition) is 1. The summed E-state index contributed by atoms with van der Waals surface area (Å²) in [6.45, 7) is 6.27. The third-order valence-corrected chi connectivity index (χ3v) is 4.16. The average molecular weight is 330 g/mol. The van der Waals surface area contributed by atoms with Gasteiger partial charge < -0.3 is 15.2 Å². The lowest BCUT2D eigenvalue weighted by Crippen LogP contribution is -2.53. The molecule has 0 aromatic carbocycles. The van der Waals surface area contributed by atoms with Crippen molar-refractivity contribution in [3.8, 4) is 0 Å². The molecule has 126 valence electrons. The minimum Gasteiger partial charge on any atom is -0.339 e. The highest BCUT2D eigenvalue weighted by atomic mass is 35.5. The number of aryl methyl sites for hydroxylation is 1. The fraction of sp³-hybridized carbons (Fsp3) is 0.733. The molecule has 1 aliphatic heterocycles. The molecule has 1 unspecified atom stereocenters. The lowest BCUT2D eigenvalue weighted by Gasteiger charge is -2.35. The van der Waals surface area contributed by atoms with Crippen LogP contribution in [0.4, 0.5) is 0 Å². The van der Waals surface area contributed by atoms with E-state index in [-0.39, 0.29) is 24.4 Å². The van der Waals surface area contributed by atoms with E-state index in [0.717, 1.165) is 57.8 Å². The first-order valence-electron chi connectivity index (χ1n) is 7.84. The highest BCUT2D eigenvalue weighted by Crippen LogP contribution is 2.09. The van der Waals surface area contributed by atoms with Gasteiger partial charge in [-0.05, 0) is 6.42 Å². The van der Waals surface area contributed by atoms with Gasteiger partial charge in [-0.3, -0.25) is 9.69 Å². The number of unbranched alkanes of at least 4 members (excludes halogenated alkanes) is 1. The Morgan fingerprint density at radius 3 is 2.59 bits per heavy atom. The summed E-state index contributed by atoms with van der Waals surface area (Å²) in [6.07, 6.45) is 6.68. The Balaban J connectivity index is 0.00000242. The van der Waals surface area contributed by atoms with Gasteiger partial charge in [-0.25, -0.2) is 4.98 Å². The van der Waals surface area contributed by atoms with Crippen LogP contribution in [0.1, 0.15) is 32.0 Å². The fourth-order valence-corrected chi connectivity index (χ4v) is 2.66. The standard InChI is InChI=1S/C15H27N5O.ClH/c1-3-4-5-13(16)15(21)20-10-8-19(9-11-20)12-14-17-6-7-18(14)2;/h6-7,13H,3-5,8-12,16H2,1-2H3;1H. The first kappa shape index (κ1) is 18.9. The second-order valence-corrected chi connectivity index (χ2v) is 5.80. The number of imidazole rings is 1. The van der Waals surface area contributed by atoms with Crippen LogP contribution >= 0.6 is 12.4 Å². The molecule has 2 heterocycles. The van der Waals surface area contributed by atoms with E-state index < -0.39 is 0 Å². The van der Waals surface area contributed by atoms with Gasteiger partial charge in [0, 0.05) is 45.6 Å². The minimum absolute atomic E-state index is 0. The van der Waals surface area contributed by atoms with Crippen LogP contribution in [-0.2, 0) is 18.4 Å². The van der Waals surface area contributed by atoms with Crippen molar-refractivity contribution in [1.82, 2.24) is 19.4 Å². The molecule has 2 N–H and O–H groups in total. The maximum atomic E-state index is 12.2. The zero-order valence-electron chi connectivity index (χ0n) is 13.6. The summed E-state index contributed by atoms with van der Waals surface area (Å²) in [5.41, 5.74) is 5.98. The molecular formula is C15H28ClN5O. The maximum absolute atomic E-state index is 12.2. The van der Waals surface area contributed by atoms with E-state index in [1.165, 1.54) is 0 Å². The van der Waals surface area contributed by atoms with Crippen LogP contribution in [-0.4, -0.2) is 57.5 Å². The highest BCUT2D eigenvalue weighted by Gasteiger charge is 2.25. The summed E-state index contributed by atoms with van der Waals surface area (Å²) in [6, 6.07) is -0.328. The fourth-order valence-electron chi connectivity index (χ4n) is 2.66. The highest BCUT2D eigenvalue weighted by molar-refractivity contribution is 5.85. The van der Waals surface area contributed by atoms with Crippen molar-refractivity contribution in [1.29, 1.82) is 0 Å². The third-order valence-electron chi connectivity index (χ3n) is 4.16. The number of carbonyl (C=O) groups is 1. The minimum atomic E-state index is -0.328. The lowest BCUT2D eigenvalue weighted by molar-refractivity contribution is -0.134. The molecule has 0 saturated carbocycles. The molecule has 0 radical (unpaired) electrons. The van der Waals surface area contributed by atoms with Gasteiger partial charge in [-0.15, -0.1) is 12.4 Å². The molecule has 22 heavy (non-hydrogen) atoms. The SMILES string of the molecule is CCCCC(N)C(=O)N1CCN(Cc2nccn2C)CC1.Cl. The molecule has 0 spiro atoms. The van der Waals surface area contributed by atoms with Crippen LogP contribution in [0.5, 0.6) is 0 Å². The molecule has 1 saturated heterocycles. The molecule has 1 aliphatic rings. The topological polar surface area (TPSA) is 67.4 Å². The number of rotatable bonds is 6. The zero-order chi connectivity index (χ0) is 15.2. The first-order valence-corrected chi connectivity index (χ1v) is 7.84. The van der Waals surface area contributed by atoms with Crippen molar-refractivity contribution in [2.24, 2.45) is 12.8 Å². The van der Waals surface area contributed by atoms with Crippen LogP contribution in [0.25, 0.3) is 0 Å². The van der Waals surface area contributed by atoms with Gasteiger partial charge in [0.25, 0.3) is 0 Å². The molecule has 1 fully saturated rings. The van der Waals surface area contributed by atoms with Crippen LogP contribution in [0.15, 0.2) is 12.4 Å². The van der Waals surface area contributed by atoms with Crippen molar-refractivity contribution in [3.05, 3.63) is 18.2 Å². The second kappa shape index (κ2) is 9.12. The third kappa shape index (κ3) is 4.97. The number of nitrogens with zero attached hydrogens (tertiary/aromatic N) is 4. The van der Waals surface area contributed by atoms with E-state index >= 15 is 0 Å². The molecule has 1 amide bonds. The number of aromatic nitrogens is 2. The smallest absolute Gasteiger partial charge is 0.239 e. The van der Waals surface area contributed by atoms with Crippen molar-refractivity contribution in [3.63, 3.8) is 0 Å². The number of amides is 1. The summed E-state index contributed by atoms with van der Waals surface area (Å²) in [5, 5.41) is 0. The predicted octanol–water partition coefficient (Wildman–Crippen LogP) is 1.00. The van der Waals surface area contributed by atoms with Gasteiger partial charge in [0.2, 0.25) is 5.91 Å². The van der Waals surface area contributed by atoms with Crippen LogP contribution in [0.2, 0.25) is 0 Å². The van der Waals surface area contributed by atoms with Crippen molar-refractivity contribution in [2.45, 2.75) is 38.8 Å². The van der Waals surface area contributed by atoms with E-state index in [0.29, 0.717) is 0 Å². The normalized spacial score (nSPS) is 17.1. The summed E-state index contributed by atoms with van der Waals surface area (Å²) >= 11 is 0. The van der Waals surface area contributed by atoms with E-state index in [1.807, 2.05) is 28.9 Å². The summed E-state index contributed by atoms with van der Waals surface area (Å²) in [4.78, 5) is 20.8. The van der Waals surface area contributed by atoms with E-state index in [4.69, 9.17) is 5.73 Å². The quantitative estimate of drug-likeness (QED) is 0.845. The van der Waals surface area contributed by atoms with Crippen LogP contribution < -0.4 is 5.73 Å². The van der Waals surface area contributed by atoms with Crippen molar-refractivity contribution >= 4 is 18.3 Å². The molecule has 0 aliphatic carbocycles. The van der Waals surface area contributed by atoms with E-state index in [9.17, 15) is 4.79 Å². The van der Waals surface area contributed by atoms with Gasteiger partial charge >= 0.3 is 0 Å². The number of piperazine rings is 1. The second-order valence-electron chi connectivity index (χ2n) is 5.80. The molecule has 0 bridgehead atoms. The zero-order valence-corrected chi connectivity index (χ0v) is 14.4. The number of nitrogens with two attached hydrogens (primary N) is 1. The number of halogens is 1. The van der Waals surface area contributed by atoms with Crippen molar-refractivity contribution < 1.29 is 4.79 Å². The Labute approximate surface area is 139 Å². The monoisotopic (exact) mass is 329 g/mol. The summed E-state index contributed by atoms with van der Waals surface area (Å²) in [7, 11) is 2.01. The first-order chi connectivity index (χ1) is 10.1. The molecule has 1 aromatic heterocycles. The van der Waals surface area contributed by atoms with Crippen LogP contribution in [0.3, 0.4) is 0 Å². The van der Waals surface area contributed by atoms with Crippen LogP contribution in [0, 0.1) is 0 Å². The summed E-state index contributed by atoms with van der Waals surface area (Å²) < 4.78 is 2.04. The Bertz CT molecular complexity index is 457. The van der Waals surface area contributed by atoms with Gasteiger partial charge in [-0.2, -0.15) is 0 Å². The lowest BCUT2D eigenvalue weighted by atomic mass is 10.1. The van der Waals surface area contributed by atoms with Gasteiger partial charge in [0.05, 0.1) is 12.6 Å². The number of carbonyl (C=O) groups excluding carboxylic acids is 1. The average Bonchev–Trinajstić information content (AvgIpc) is 2.90. The van der Waals surface area contributed by atoms with Crippen molar-refractivity contribution in [2.75, 3.05) is 26.2 Å². The van der Waals surface area contributed by atoms with Gasteiger partial charge in [-0.1, -0.05) is 19.8 Å².